The molecule has 136 valence electrons. The summed E-state index contributed by atoms with van der Waals surface area (Å²) in [5, 5.41) is 7.86. The van der Waals surface area contributed by atoms with Gasteiger partial charge in [0.2, 0.25) is 5.91 Å². The van der Waals surface area contributed by atoms with Gasteiger partial charge in [-0.15, -0.1) is 0 Å². The number of carbonyl (C=O) groups excluding carboxylic acids is 3. The molecule has 2 aromatic carbocycles. The fourth-order valence-corrected chi connectivity index (χ4v) is 2.14. The van der Waals surface area contributed by atoms with Crippen LogP contribution in [0.25, 0.3) is 0 Å². The summed E-state index contributed by atoms with van der Waals surface area (Å²) in [7, 11) is 1.54. The molecule has 26 heavy (non-hydrogen) atoms. The maximum atomic E-state index is 11.9. The van der Waals surface area contributed by atoms with Crippen LogP contribution in [0.15, 0.2) is 54.6 Å². The van der Waals surface area contributed by atoms with Gasteiger partial charge in [0, 0.05) is 24.2 Å². The van der Waals surface area contributed by atoms with Crippen molar-refractivity contribution in [3.05, 3.63) is 65.7 Å². The number of benzene rings is 2. The van der Waals surface area contributed by atoms with E-state index >= 15 is 0 Å². The molecular weight excluding hydrogens is 334 g/mol. The van der Waals surface area contributed by atoms with Crippen molar-refractivity contribution in [3.8, 4) is 5.75 Å². The number of hydrogen-bond acceptors (Lipinski definition) is 4. The van der Waals surface area contributed by atoms with Gasteiger partial charge >= 0.3 is 0 Å². The molecule has 0 aromatic heterocycles. The smallest absolute Gasteiger partial charge is 0.251 e. The van der Waals surface area contributed by atoms with Crippen LogP contribution in [0.4, 0.5) is 0 Å². The van der Waals surface area contributed by atoms with E-state index < -0.39 is 0 Å². The van der Waals surface area contributed by atoms with Gasteiger partial charge in [0.15, 0.2) is 0 Å². The number of rotatable bonds is 8. The first-order chi connectivity index (χ1) is 12.6. The van der Waals surface area contributed by atoms with Crippen LogP contribution in [0, 0.1) is 0 Å². The molecule has 3 N–H and O–H groups in total. The number of hydrogen-bond donors (Lipinski definition) is 3. The van der Waals surface area contributed by atoms with Crippen molar-refractivity contribution in [2.24, 2.45) is 0 Å². The Labute approximate surface area is 151 Å². The van der Waals surface area contributed by atoms with Gasteiger partial charge in [-0.3, -0.25) is 14.4 Å². The van der Waals surface area contributed by atoms with E-state index in [1.54, 1.807) is 55.6 Å². The highest BCUT2D eigenvalue weighted by Crippen LogP contribution is 2.10. The number of carbonyl (C=O) groups is 3. The molecule has 0 heterocycles. The van der Waals surface area contributed by atoms with E-state index in [0.29, 0.717) is 23.4 Å². The minimum atomic E-state index is -0.347. The molecule has 0 aliphatic heterocycles. The van der Waals surface area contributed by atoms with Crippen molar-refractivity contribution in [1.82, 2.24) is 16.0 Å². The van der Waals surface area contributed by atoms with E-state index in [4.69, 9.17) is 4.74 Å². The van der Waals surface area contributed by atoms with Crippen molar-refractivity contribution < 1.29 is 19.1 Å². The summed E-state index contributed by atoms with van der Waals surface area (Å²) in [5.74, 6) is -0.231. The number of methoxy groups -OCH3 is 1. The standard InChI is InChI=1S/C19H21N3O4/c1-26-16-9-7-15(8-10-16)19(25)22-13-17(23)20-11-12-21-18(24)14-5-3-2-4-6-14/h2-10H,11-13H2,1H3,(H,20,23)(H,21,24)(H,22,25). The highest BCUT2D eigenvalue weighted by atomic mass is 16.5. The van der Waals surface area contributed by atoms with Crippen molar-refractivity contribution >= 4 is 17.7 Å². The average Bonchev–Trinajstić information content (AvgIpc) is 2.70. The molecule has 2 rings (SSSR count). The lowest BCUT2D eigenvalue weighted by molar-refractivity contribution is -0.120. The number of amides is 3. The van der Waals surface area contributed by atoms with E-state index in [-0.39, 0.29) is 30.8 Å². The summed E-state index contributed by atoms with van der Waals surface area (Å²) >= 11 is 0. The zero-order valence-electron chi connectivity index (χ0n) is 14.5. The molecule has 0 saturated carbocycles. The third-order valence-corrected chi connectivity index (χ3v) is 3.53. The Kier molecular flexibility index (Phi) is 7.17. The summed E-state index contributed by atoms with van der Waals surface area (Å²) in [4.78, 5) is 35.5. The molecule has 0 unspecified atom stereocenters. The first-order valence-electron chi connectivity index (χ1n) is 8.12. The molecule has 0 saturated heterocycles. The van der Waals surface area contributed by atoms with Crippen molar-refractivity contribution in [3.63, 3.8) is 0 Å². The molecule has 2 aromatic rings. The van der Waals surface area contributed by atoms with Crippen LogP contribution in [-0.2, 0) is 4.79 Å². The zero-order valence-corrected chi connectivity index (χ0v) is 14.5. The van der Waals surface area contributed by atoms with E-state index in [9.17, 15) is 14.4 Å². The second-order valence-electron chi connectivity index (χ2n) is 5.38. The van der Waals surface area contributed by atoms with E-state index in [1.807, 2.05) is 6.07 Å². The minimum Gasteiger partial charge on any atom is -0.497 e. The van der Waals surface area contributed by atoms with Crippen LogP contribution in [0.2, 0.25) is 0 Å². The summed E-state index contributed by atoms with van der Waals surface area (Å²) < 4.78 is 5.02. The second kappa shape index (κ2) is 9.83. The fraction of sp³-hybridized carbons (Fsp3) is 0.211. The first-order valence-corrected chi connectivity index (χ1v) is 8.12. The SMILES string of the molecule is COc1ccc(C(=O)NCC(=O)NCCNC(=O)c2ccccc2)cc1. The third-order valence-electron chi connectivity index (χ3n) is 3.53. The lowest BCUT2D eigenvalue weighted by Gasteiger charge is -2.08. The molecule has 0 aliphatic carbocycles. The van der Waals surface area contributed by atoms with Crippen molar-refractivity contribution in [2.45, 2.75) is 0 Å². The van der Waals surface area contributed by atoms with E-state index in [1.165, 1.54) is 0 Å². The predicted octanol–water partition coefficient (Wildman–Crippen LogP) is 0.971. The van der Waals surface area contributed by atoms with Gasteiger partial charge in [0.05, 0.1) is 13.7 Å². The lowest BCUT2D eigenvalue weighted by atomic mass is 10.2. The molecule has 7 nitrogen and oxygen atoms in total. The molecule has 7 heteroatoms. The van der Waals surface area contributed by atoms with Gasteiger partial charge in [-0.2, -0.15) is 0 Å². The van der Waals surface area contributed by atoms with Crippen molar-refractivity contribution in [2.75, 3.05) is 26.7 Å². The molecule has 0 radical (unpaired) electrons. The second-order valence-corrected chi connectivity index (χ2v) is 5.38. The van der Waals surface area contributed by atoms with Gasteiger partial charge in [-0.1, -0.05) is 18.2 Å². The van der Waals surface area contributed by atoms with Crippen LogP contribution < -0.4 is 20.7 Å². The quantitative estimate of drug-likeness (QED) is 0.615. The monoisotopic (exact) mass is 355 g/mol. The van der Waals surface area contributed by atoms with Crippen LogP contribution in [-0.4, -0.2) is 44.5 Å². The maximum absolute atomic E-state index is 11.9. The van der Waals surface area contributed by atoms with Crippen LogP contribution in [0.5, 0.6) is 5.75 Å². The highest BCUT2D eigenvalue weighted by Gasteiger charge is 2.08. The first kappa shape index (κ1) is 19.0. The summed E-state index contributed by atoms with van der Waals surface area (Å²) in [6.07, 6.45) is 0. The fourth-order valence-electron chi connectivity index (χ4n) is 2.14. The van der Waals surface area contributed by atoms with Gasteiger partial charge < -0.3 is 20.7 Å². The largest absolute Gasteiger partial charge is 0.497 e. The van der Waals surface area contributed by atoms with E-state index in [0.717, 1.165) is 0 Å². The summed E-state index contributed by atoms with van der Waals surface area (Å²) in [5.41, 5.74) is 0.999. The Balaban J connectivity index is 1.64. The Hall–Kier alpha value is -3.35. The lowest BCUT2D eigenvalue weighted by Crippen LogP contribution is -2.40. The molecule has 0 fully saturated rings. The molecule has 3 amide bonds. The molecular formula is C19H21N3O4. The molecule has 0 spiro atoms. The Morgan fingerprint density at radius 2 is 1.35 bits per heavy atom. The van der Waals surface area contributed by atoms with Gasteiger partial charge in [0.25, 0.3) is 11.8 Å². The molecule has 0 bridgehead atoms. The Bertz CT molecular complexity index is 745. The summed E-state index contributed by atoms with van der Waals surface area (Å²) in [6, 6.07) is 15.4. The minimum absolute atomic E-state index is 0.141. The Morgan fingerprint density at radius 1 is 0.769 bits per heavy atom. The molecule has 0 aliphatic rings. The third kappa shape index (κ3) is 5.94. The normalized spacial score (nSPS) is 9.88. The predicted molar refractivity (Wildman–Crippen MR) is 97.1 cm³/mol. The topological polar surface area (TPSA) is 96.5 Å². The van der Waals surface area contributed by atoms with Gasteiger partial charge in [-0.05, 0) is 36.4 Å². The van der Waals surface area contributed by atoms with Crippen LogP contribution in [0.1, 0.15) is 20.7 Å². The van der Waals surface area contributed by atoms with Gasteiger partial charge in [0.1, 0.15) is 5.75 Å². The maximum Gasteiger partial charge on any atom is 0.251 e. The molecule has 0 atom stereocenters. The zero-order chi connectivity index (χ0) is 18.8. The van der Waals surface area contributed by atoms with Crippen LogP contribution in [0.3, 0.4) is 0 Å². The Morgan fingerprint density at radius 3 is 2.00 bits per heavy atom. The summed E-state index contributed by atoms with van der Waals surface area (Å²) in [6.45, 7) is 0.430. The van der Waals surface area contributed by atoms with Gasteiger partial charge in [-0.25, -0.2) is 0 Å². The highest BCUT2D eigenvalue weighted by molar-refractivity contribution is 5.96. The number of nitrogens with one attached hydrogen (secondary N) is 3. The van der Waals surface area contributed by atoms with Crippen molar-refractivity contribution in [1.29, 1.82) is 0 Å². The average molecular weight is 355 g/mol. The van der Waals surface area contributed by atoms with Crippen LogP contribution >= 0.6 is 0 Å². The number of ether oxygens (including phenoxy) is 1. The van der Waals surface area contributed by atoms with E-state index in [2.05, 4.69) is 16.0 Å².